The maximum absolute atomic E-state index is 10.9. The summed E-state index contributed by atoms with van der Waals surface area (Å²) in [5, 5.41) is 0. The van der Waals surface area contributed by atoms with Gasteiger partial charge in [0.05, 0.1) is 13.2 Å². The monoisotopic (exact) mass is 158 g/mol. The van der Waals surface area contributed by atoms with Crippen LogP contribution in [-0.2, 0) is 14.3 Å². The van der Waals surface area contributed by atoms with E-state index in [1.807, 2.05) is 0 Å². The molecule has 0 amide bonds. The van der Waals surface area contributed by atoms with Crippen molar-refractivity contribution >= 4 is 5.97 Å². The predicted molar refractivity (Wildman–Crippen MR) is 40.2 cm³/mol. The molecule has 1 fully saturated rings. The average molecular weight is 158 g/mol. The van der Waals surface area contributed by atoms with Crippen LogP contribution in [0.15, 0.2) is 0 Å². The van der Waals surface area contributed by atoms with Gasteiger partial charge in [0.15, 0.2) is 6.10 Å². The van der Waals surface area contributed by atoms with Gasteiger partial charge in [-0.25, -0.2) is 4.79 Å². The fourth-order valence-corrected chi connectivity index (χ4v) is 1.31. The molecule has 3 nitrogen and oxygen atoms in total. The quantitative estimate of drug-likeness (QED) is 0.565. The van der Waals surface area contributed by atoms with Crippen molar-refractivity contribution in [2.45, 2.75) is 38.4 Å². The molecule has 0 spiro atoms. The van der Waals surface area contributed by atoms with E-state index < -0.39 is 0 Å². The molecule has 0 aliphatic carbocycles. The summed E-state index contributed by atoms with van der Waals surface area (Å²) in [6.07, 6.45) is 2.73. The topological polar surface area (TPSA) is 35.5 Å². The van der Waals surface area contributed by atoms with Crippen molar-refractivity contribution in [2.24, 2.45) is 0 Å². The largest absolute Gasteiger partial charge is 0.467 e. The Kier molecular flexibility index (Phi) is 2.88. The van der Waals surface area contributed by atoms with E-state index >= 15 is 0 Å². The molecule has 0 aromatic rings. The number of carbonyl (C=O) groups is 1. The van der Waals surface area contributed by atoms with E-state index in [1.165, 1.54) is 7.11 Å². The van der Waals surface area contributed by atoms with Crippen molar-refractivity contribution in [3.05, 3.63) is 0 Å². The minimum Gasteiger partial charge on any atom is -0.467 e. The van der Waals surface area contributed by atoms with Gasteiger partial charge in [0.1, 0.15) is 0 Å². The van der Waals surface area contributed by atoms with E-state index in [4.69, 9.17) is 4.74 Å². The average Bonchev–Trinajstić information content (AvgIpc) is 2.50. The third kappa shape index (κ3) is 1.93. The van der Waals surface area contributed by atoms with E-state index in [0.717, 1.165) is 19.3 Å². The molecule has 1 aliphatic heterocycles. The molecule has 0 bridgehead atoms. The first-order valence-electron chi connectivity index (χ1n) is 4.01. The first-order chi connectivity index (χ1) is 5.27. The van der Waals surface area contributed by atoms with E-state index in [2.05, 4.69) is 11.7 Å². The molecule has 2 unspecified atom stereocenters. The SMILES string of the molecule is CCC1CCC(C(=O)OC)O1. The third-order valence-electron chi connectivity index (χ3n) is 2.03. The minimum atomic E-state index is -0.301. The van der Waals surface area contributed by atoms with Crippen LogP contribution in [0.4, 0.5) is 0 Å². The fraction of sp³-hybridized carbons (Fsp3) is 0.875. The second-order valence-corrected chi connectivity index (χ2v) is 2.76. The van der Waals surface area contributed by atoms with Crippen LogP contribution in [0.25, 0.3) is 0 Å². The molecule has 64 valence electrons. The molecule has 0 radical (unpaired) electrons. The second-order valence-electron chi connectivity index (χ2n) is 2.76. The zero-order chi connectivity index (χ0) is 8.27. The summed E-state index contributed by atoms with van der Waals surface area (Å²) < 4.78 is 9.95. The lowest BCUT2D eigenvalue weighted by Crippen LogP contribution is -2.22. The minimum absolute atomic E-state index is 0.235. The molecule has 0 saturated carbocycles. The van der Waals surface area contributed by atoms with Gasteiger partial charge in [-0.3, -0.25) is 0 Å². The summed E-state index contributed by atoms with van der Waals surface area (Å²) >= 11 is 0. The maximum atomic E-state index is 10.9. The Morgan fingerprint density at radius 2 is 2.36 bits per heavy atom. The standard InChI is InChI=1S/C8H14O3/c1-3-6-4-5-7(11-6)8(9)10-2/h6-7H,3-5H2,1-2H3. The number of hydrogen-bond acceptors (Lipinski definition) is 3. The molecule has 1 aliphatic rings. The van der Waals surface area contributed by atoms with Gasteiger partial charge < -0.3 is 9.47 Å². The first-order valence-corrected chi connectivity index (χ1v) is 4.01. The second kappa shape index (κ2) is 3.72. The summed E-state index contributed by atoms with van der Waals surface area (Å²) in [6.45, 7) is 2.06. The molecule has 1 rings (SSSR count). The Labute approximate surface area is 66.7 Å². The zero-order valence-electron chi connectivity index (χ0n) is 7.00. The predicted octanol–water partition coefficient (Wildman–Crippen LogP) is 1.12. The Morgan fingerprint density at radius 1 is 1.64 bits per heavy atom. The molecule has 2 atom stereocenters. The molecule has 0 aromatic heterocycles. The fourth-order valence-electron chi connectivity index (χ4n) is 1.31. The van der Waals surface area contributed by atoms with Crippen molar-refractivity contribution in [1.29, 1.82) is 0 Å². The van der Waals surface area contributed by atoms with E-state index in [9.17, 15) is 4.79 Å². The molecular weight excluding hydrogens is 144 g/mol. The molecule has 1 heterocycles. The zero-order valence-corrected chi connectivity index (χ0v) is 7.00. The molecular formula is C8H14O3. The number of carbonyl (C=O) groups excluding carboxylic acids is 1. The smallest absolute Gasteiger partial charge is 0.334 e. The van der Waals surface area contributed by atoms with Crippen molar-refractivity contribution in [3.8, 4) is 0 Å². The van der Waals surface area contributed by atoms with Crippen LogP contribution >= 0.6 is 0 Å². The van der Waals surface area contributed by atoms with Crippen LogP contribution in [0.1, 0.15) is 26.2 Å². The van der Waals surface area contributed by atoms with Crippen molar-refractivity contribution in [2.75, 3.05) is 7.11 Å². The van der Waals surface area contributed by atoms with E-state index in [1.54, 1.807) is 0 Å². The lowest BCUT2D eigenvalue weighted by atomic mass is 10.2. The van der Waals surface area contributed by atoms with Gasteiger partial charge >= 0.3 is 5.97 Å². The maximum Gasteiger partial charge on any atom is 0.334 e. The van der Waals surface area contributed by atoms with Gasteiger partial charge in [0.25, 0.3) is 0 Å². The number of rotatable bonds is 2. The van der Waals surface area contributed by atoms with Crippen LogP contribution in [0.3, 0.4) is 0 Å². The lowest BCUT2D eigenvalue weighted by molar-refractivity contribution is -0.153. The number of hydrogen-bond donors (Lipinski definition) is 0. The Balaban J connectivity index is 2.35. The Hall–Kier alpha value is -0.570. The van der Waals surface area contributed by atoms with Gasteiger partial charge in [0.2, 0.25) is 0 Å². The molecule has 1 saturated heterocycles. The third-order valence-corrected chi connectivity index (χ3v) is 2.03. The highest BCUT2D eigenvalue weighted by Gasteiger charge is 2.29. The first kappa shape index (κ1) is 8.53. The number of esters is 1. The summed E-state index contributed by atoms with van der Waals surface area (Å²) in [5.74, 6) is -0.235. The van der Waals surface area contributed by atoms with Gasteiger partial charge in [0, 0.05) is 0 Å². The van der Waals surface area contributed by atoms with Crippen LogP contribution in [0, 0.1) is 0 Å². The van der Waals surface area contributed by atoms with Crippen molar-refractivity contribution in [3.63, 3.8) is 0 Å². The molecule has 0 aromatic carbocycles. The van der Waals surface area contributed by atoms with Crippen LogP contribution in [-0.4, -0.2) is 25.3 Å². The molecule has 3 heteroatoms. The summed E-state index contributed by atoms with van der Waals surface area (Å²) in [6, 6.07) is 0. The normalized spacial score (nSPS) is 30.4. The summed E-state index contributed by atoms with van der Waals surface area (Å²) in [4.78, 5) is 10.9. The van der Waals surface area contributed by atoms with Crippen molar-refractivity contribution in [1.82, 2.24) is 0 Å². The van der Waals surface area contributed by atoms with Gasteiger partial charge in [-0.15, -0.1) is 0 Å². The van der Waals surface area contributed by atoms with E-state index in [0.29, 0.717) is 0 Å². The van der Waals surface area contributed by atoms with Crippen molar-refractivity contribution < 1.29 is 14.3 Å². The highest BCUT2D eigenvalue weighted by atomic mass is 16.6. The highest BCUT2D eigenvalue weighted by molar-refractivity contribution is 5.74. The van der Waals surface area contributed by atoms with Gasteiger partial charge in [-0.05, 0) is 19.3 Å². The van der Waals surface area contributed by atoms with Gasteiger partial charge in [-0.2, -0.15) is 0 Å². The summed E-state index contributed by atoms with van der Waals surface area (Å²) in [7, 11) is 1.39. The Bertz CT molecular complexity index is 144. The van der Waals surface area contributed by atoms with E-state index in [-0.39, 0.29) is 18.2 Å². The highest BCUT2D eigenvalue weighted by Crippen LogP contribution is 2.22. The van der Waals surface area contributed by atoms with Crippen LogP contribution < -0.4 is 0 Å². The Morgan fingerprint density at radius 3 is 2.82 bits per heavy atom. The summed E-state index contributed by atoms with van der Waals surface area (Å²) in [5.41, 5.74) is 0. The lowest BCUT2D eigenvalue weighted by Gasteiger charge is -2.09. The molecule has 0 N–H and O–H groups in total. The van der Waals surface area contributed by atoms with Crippen LogP contribution in [0.5, 0.6) is 0 Å². The number of methoxy groups -OCH3 is 1. The molecule has 11 heavy (non-hydrogen) atoms. The number of ether oxygens (including phenoxy) is 2. The van der Waals surface area contributed by atoms with Crippen LogP contribution in [0.2, 0.25) is 0 Å². The van der Waals surface area contributed by atoms with Gasteiger partial charge in [-0.1, -0.05) is 6.92 Å².